The number of carbonyl (C=O) groups excluding carboxylic acids is 2. The van der Waals surface area contributed by atoms with Crippen molar-refractivity contribution in [2.45, 2.75) is 30.5 Å². The van der Waals surface area contributed by atoms with Gasteiger partial charge in [-0.25, -0.2) is 0 Å². The molecule has 1 fully saturated rings. The molecule has 1 amide bonds. The van der Waals surface area contributed by atoms with Gasteiger partial charge in [0.25, 0.3) is 5.91 Å². The number of amides is 1. The van der Waals surface area contributed by atoms with Crippen molar-refractivity contribution in [2.75, 3.05) is 0 Å². The van der Waals surface area contributed by atoms with Crippen molar-refractivity contribution in [3.8, 4) is 0 Å². The summed E-state index contributed by atoms with van der Waals surface area (Å²) in [6.45, 7) is 0. The van der Waals surface area contributed by atoms with E-state index in [-0.39, 0.29) is 12.4 Å². The Morgan fingerprint density at radius 2 is 1.64 bits per heavy atom. The lowest BCUT2D eigenvalue weighted by molar-refractivity contribution is -0.345. The minimum atomic E-state index is -6.66. The number of hydrogen-bond donors (Lipinski definition) is 0. The molecule has 0 bridgehead atoms. The molecular formula is C13H8BF7NO3. The maximum Gasteiger partial charge on any atom is 0.526 e. The lowest BCUT2D eigenvalue weighted by Crippen LogP contribution is -2.61. The first-order valence-electron chi connectivity index (χ1n) is 6.62. The number of carbonyl (C=O) groups is 2. The molecule has 1 heterocycles. The Morgan fingerprint density at radius 1 is 1.08 bits per heavy atom. The van der Waals surface area contributed by atoms with Crippen LogP contribution in [0.3, 0.4) is 0 Å². The Bertz CT molecular complexity index is 665. The van der Waals surface area contributed by atoms with E-state index in [0.717, 1.165) is 0 Å². The Labute approximate surface area is 136 Å². The van der Waals surface area contributed by atoms with Gasteiger partial charge in [0.2, 0.25) is 0 Å². The molecule has 0 unspecified atom stereocenters. The normalized spacial score (nSPS) is 18.8. The van der Waals surface area contributed by atoms with E-state index < -0.39 is 42.4 Å². The summed E-state index contributed by atoms with van der Waals surface area (Å²) in [4.78, 5) is 23.0. The average Bonchev–Trinajstić information content (AvgIpc) is 2.87. The molecule has 135 valence electrons. The highest BCUT2D eigenvalue weighted by molar-refractivity contribution is 6.37. The van der Waals surface area contributed by atoms with Crippen molar-refractivity contribution in [2.24, 2.45) is 0 Å². The fraction of sp³-hybridized carbons (Fsp3) is 0.385. The van der Waals surface area contributed by atoms with E-state index in [9.17, 15) is 40.3 Å². The highest BCUT2D eigenvalue weighted by atomic mass is 19.4. The minimum Gasteiger partial charge on any atom is -0.515 e. The van der Waals surface area contributed by atoms with Crippen molar-refractivity contribution >= 4 is 19.5 Å². The minimum absolute atomic E-state index is 0.110. The zero-order valence-corrected chi connectivity index (χ0v) is 12.1. The summed E-state index contributed by atoms with van der Waals surface area (Å²) in [5, 5.41) is 0. The van der Waals surface area contributed by atoms with Gasteiger partial charge in [-0.05, 0) is 5.56 Å². The van der Waals surface area contributed by atoms with Crippen LogP contribution in [0.25, 0.3) is 0 Å². The van der Waals surface area contributed by atoms with Gasteiger partial charge in [0.1, 0.15) is 6.04 Å². The molecule has 12 heteroatoms. The van der Waals surface area contributed by atoms with Gasteiger partial charge < -0.3 is 9.47 Å². The standard InChI is InChI=1S/C13H8BF7NO3/c15-11(16,12(17,18)13(19,20)21)10(24)22-8(9(23)25-14-22)6-7-4-2-1-3-5-7/h1-5,8H,6H2/t8-/m0/s1. The topological polar surface area (TPSA) is 46.6 Å². The van der Waals surface area contributed by atoms with E-state index in [1.165, 1.54) is 24.3 Å². The Morgan fingerprint density at radius 3 is 2.16 bits per heavy atom. The first-order valence-corrected chi connectivity index (χ1v) is 6.62. The van der Waals surface area contributed by atoms with Crippen LogP contribution in [0, 0.1) is 0 Å². The lowest BCUT2D eigenvalue weighted by Gasteiger charge is -2.31. The molecule has 1 aliphatic heterocycles. The first-order chi connectivity index (χ1) is 11.4. The maximum absolute atomic E-state index is 13.5. The molecule has 4 nitrogen and oxygen atoms in total. The highest BCUT2D eigenvalue weighted by Gasteiger charge is 2.77. The van der Waals surface area contributed by atoms with Gasteiger partial charge in [0, 0.05) is 6.42 Å². The Hall–Kier alpha value is -2.27. The fourth-order valence-corrected chi connectivity index (χ4v) is 2.06. The molecule has 0 aliphatic carbocycles. The van der Waals surface area contributed by atoms with Crippen LogP contribution in [0.4, 0.5) is 30.7 Å². The van der Waals surface area contributed by atoms with Crippen LogP contribution >= 0.6 is 0 Å². The van der Waals surface area contributed by atoms with Crippen LogP contribution in [0.5, 0.6) is 0 Å². The summed E-state index contributed by atoms with van der Waals surface area (Å²) in [6, 6.07) is 5.71. The van der Waals surface area contributed by atoms with Crippen LogP contribution in [-0.4, -0.2) is 48.4 Å². The number of nitrogens with zero attached hydrogens (tertiary/aromatic N) is 1. The van der Waals surface area contributed by atoms with Gasteiger partial charge in [-0.15, -0.1) is 0 Å². The Kier molecular flexibility index (Phi) is 4.75. The van der Waals surface area contributed by atoms with Gasteiger partial charge in [-0.2, -0.15) is 30.7 Å². The van der Waals surface area contributed by atoms with E-state index in [1.807, 2.05) is 0 Å². The zero-order valence-electron chi connectivity index (χ0n) is 12.1. The van der Waals surface area contributed by atoms with Gasteiger partial charge in [-0.3, -0.25) is 9.59 Å². The second kappa shape index (κ2) is 6.23. The third-order valence-corrected chi connectivity index (χ3v) is 3.42. The van der Waals surface area contributed by atoms with Crippen molar-refractivity contribution in [3.63, 3.8) is 0 Å². The van der Waals surface area contributed by atoms with Gasteiger partial charge in [-0.1, -0.05) is 30.3 Å². The third kappa shape index (κ3) is 3.29. The summed E-state index contributed by atoms with van der Waals surface area (Å²) in [7, 11) is 0.110. The highest BCUT2D eigenvalue weighted by Crippen LogP contribution is 2.47. The second-order valence-electron chi connectivity index (χ2n) is 5.11. The molecule has 0 saturated carbocycles. The summed E-state index contributed by atoms with van der Waals surface area (Å²) < 4.78 is 93.9. The molecule has 1 radical (unpaired) electrons. The SMILES string of the molecule is O=C1O[B]N(C(=O)C(F)(F)C(F)(F)C(F)(F)F)[C@H]1Cc1ccccc1. The Balaban J connectivity index is 2.29. The molecule has 0 N–H and O–H groups in total. The smallest absolute Gasteiger partial charge is 0.515 e. The molecular weight excluding hydrogens is 362 g/mol. The van der Waals surface area contributed by atoms with Crippen LogP contribution in [-0.2, 0) is 20.7 Å². The zero-order chi connectivity index (χ0) is 19.0. The molecule has 25 heavy (non-hydrogen) atoms. The van der Waals surface area contributed by atoms with E-state index in [1.54, 1.807) is 6.07 Å². The number of benzene rings is 1. The summed E-state index contributed by atoms with van der Waals surface area (Å²) in [5.74, 6) is -16.9. The van der Waals surface area contributed by atoms with E-state index >= 15 is 0 Å². The van der Waals surface area contributed by atoms with Gasteiger partial charge in [0.05, 0.1) is 0 Å². The average molecular weight is 370 g/mol. The van der Waals surface area contributed by atoms with Crippen molar-refractivity contribution in [1.29, 1.82) is 0 Å². The van der Waals surface area contributed by atoms with Crippen LogP contribution in [0.15, 0.2) is 30.3 Å². The van der Waals surface area contributed by atoms with E-state index in [0.29, 0.717) is 5.56 Å². The number of hydrogen-bond acceptors (Lipinski definition) is 3. The predicted octanol–water partition coefficient (Wildman–Crippen LogP) is 2.35. The molecule has 0 aromatic heterocycles. The van der Waals surface area contributed by atoms with E-state index in [4.69, 9.17) is 0 Å². The molecule has 1 saturated heterocycles. The molecule has 1 aromatic rings. The van der Waals surface area contributed by atoms with Gasteiger partial charge >= 0.3 is 31.6 Å². The van der Waals surface area contributed by atoms with Crippen molar-refractivity contribution < 1.29 is 45.0 Å². The second-order valence-corrected chi connectivity index (χ2v) is 5.11. The number of rotatable bonds is 4. The van der Waals surface area contributed by atoms with Gasteiger partial charge in [0.15, 0.2) is 0 Å². The number of alkyl halides is 7. The quantitative estimate of drug-likeness (QED) is 0.604. The van der Waals surface area contributed by atoms with Crippen molar-refractivity contribution in [3.05, 3.63) is 35.9 Å². The van der Waals surface area contributed by atoms with Crippen molar-refractivity contribution in [1.82, 2.24) is 4.81 Å². The molecule has 1 aliphatic rings. The van der Waals surface area contributed by atoms with Crippen LogP contribution < -0.4 is 0 Å². The monoisotopic (exact) mass is 370 g/mol. The molecule has 1 aromatic carbocycles. The lowest BCUT2D eigenvalue weighted by atomic mass is 10.00. The summed E-state index contributed by atoms with van der Waals surface area (Å²) in [5.41, 5.74) is 0.350. The van der Waals surface area contributed by atoms with E-state index in [2.05, 4.69) is 4.65 Å². The predicted molar refractivity (Wildman–Crippen MR) is 68.6 cm³/mol. The summed E-state index contributed by atoms with van der Waals surface area (Å²) >= 11 is 0. The fourth-order valence-electron chi connectivity index (χ4n) is 2.06. The van der Waals surface area contributed by atoms with Crippen LogP contribution in [0.1, 0.15) is 5.56 Å². The maximum atomic E-state index is 13.5. The first kappa shape index (κ1) is 19.1. The largest absolute Gasteiger partial charge is 0.526 e. The third-order valence-electron chi connectivity index (χ3n) is 3.42. The molecule has 2 rings (SSSR count). The number of halogens is 7. The summed E-state index contributed by atoms with van der Waals surface area (Å²) in [6.07, 6.45) is -7.07. The van der Waals surface area contributed by atoms with Crippen LogP contribution in [0.2, 0.25) is 0 Å². The molecule has 0 spiro atoms. The molecule has 1 atom stereocenters.